The normalized spacial score (nSPS) is 10.9. The van der Waals surface area contributed by atoms with Gasteiger partial charge in [0.05, 0.1) is 5.54 Å². The molecule has 0 aliphatic carbocycles. The lowest BCUT2D eigenvalue weighted by Gasteiger charge is -2.32. The molecule has 0 aromatic heterocycles. The van der Waals surface area contributed by atoms with Crippen molar-refractivity contribution in [3.8, 4) is 0 Å². The van der Waals surface area contributed by atoms with Crippen LogP contribution in [-0.2, 0) is 21.7 Å². The second-order valence-electron chi connectivity index (χ2n) is 7.50. The van der Waals surface area contributed by atoms with Gasteiger partial charge in [-0.1, -0.05) is 91.0 Å². The zero-order valence-corrected chi connectivity index (χ0v) is 17.7. The second-order valence-corrected chi connectivity index (χ2v) is 7.50. The van der Waals surface area contributed by atoms with Crippen molar-refractivity contribution in [2.75, 3.05) is 6.54 Å². The fourth-order valence-corrected chi connectivity index (χ4v) is 3.41. The summed E-state index contributed by atoms with van der Waals surface area (Å²) in [4.78, 5) is 24.5. The molecule has 3 aromatic rings. The predicted molar refractivity (Wildman–Crippen MR) is 121 cm³/mol. The first-order chi connectivity index (χ1) is 15.1. The van der Waals surface area contributed by atoms with Gasteiger partial charge in [-0.3, -0.25) is 4.79 Å². The van der Waals surface area contributed by atoms with Crippen molar-refractivity contribution in [2.45, 2.75) is 31.9 Å². The Morgan fingerprint density at radius 1 is 0.806 bits per heavy atom. The molecule has 3 rings (SSSR count). The first-order valence-corrected chi connectivity index (χ1v) is 10.4. The first-order valence-electron chi connectivity index (χ1n) is 10.4. The molecule has 0 spiro atoms. The summed E-state index contributed by atoms with van der Waals surface area (Å²) < 4.78 is 5.18. The monoisotopic (exact) mass is 416 g/mol. The molecule has 2 amide bonds. The third-order valence-corrected chi connectivity index (χ3v) is 5.15. The Morgan fingerprint density at radius 3 is 1.87 bits per heavy atom. The van der Waals surface area contributed by atoms with Crippen molar-refractivity contribution in [3.63, 3.8) is 0 Å². The largest absolute Gasteiger partial charge is 0.445 e. The van der Waals surface area contributed by atoms with E-state index in [-0.39, 0.29) is 12.5 Å². The van der Waals surface area contributed by atoms with Gasteiger partial charge in [0, 0.05) is 13.0 Å². The molecule has 2 N–H and O–H groups in total. The topological polar surface area (TPSA) is 67.4 Å². The van der Waals surface area contributed by atoms with Gasteiger partial charge in [0.15, 0.2) is 0 Å². The lowest BCUT2D eigenvalue weighted by Crippen LogP contribution is -2.44. The quantitative estimate of drug-likeness (QED) is 0.494. The minimum Gasteiger partial charge on any atom is -0.445 e. The maximum Gasteiger partial charge on any atom is 0.407 e. The Labute approximate surface area is 183 Å². The summed E-state index contributed by atoms with van der Waals surface area (Å²) in [5.74, 6) is -0.0744. The highest BCUT2D eigenvalue weighted by Crippen LogP contribution is 2.29. The van der Waals surface area contributed by atoms with Crippen molar-refractivity contribution >= 4 is 12.0 Å². The zero-order valence-electron chi connectivity index (χ0n) is 17.7. The number of carbonyl (C=O) groups excluding carboxylic acids is 2. The molecule has 0 radical (unpaired) electrons. The minimum atomic E-state index is -0.637. The molecule has 0 aliphatic rings. The van der Waals surface area contributed by atoms with E-state index in [2.05, 4.69) is 10.6 Å². The number of hydrogen-bond donors (Lipinski definition) is 2. The van der Waals surface area contributed by atoms with Gasteiger partial charge in [0.2, 0.25) is 5.91 Å². The van der Waals surface area contributed by atoms with E-state index in [9.17, 15) is 9.59 Å². The molecule has 0 atom stereocenters. The van der Waals surface area contributed by atoms with Gasteiger partial charge >= 0.3 is 6.09 Å². The molecule has 0 saturated carbocycles. The third-order valence-electron chi connectivity index (χ3n) is 5.15. The lowest BCUT2D eigenvalue weighted by molar-refractivity contribution is -0.122. The van der Waals surface area contributed by atoms with Gasteiger partial charge in [0.25, 0.3) is 0 Å². The summed E-state index contributed by atoms with van der Waals surface area (Å²) in [7, 11) is 0. The number of amides is 2. The predicted octanol–water partition coefficient (Wildman–Crippen LogP) is 4.77. The van der Waals surface area contributed by atoms with E-state index in [0.717, 1.165) is 16.7 Å². The van der Waals surface area contributed by atoms with Crippen molar-refractivity contribution in [1.29, 1.82) is 0 Å². The van der Waals surface area contributed by atoms with Crippen LogP contribution in [0.1, 0.15) is 36.5 Å². The van der Waals surface area contributed by atoms with Gasteiger partial charge < -0.3 is 15.4 Å². The van der Waals surface area contributed by atoms with E-state index in [1.807, 2.05) is 97.9 Å². The molecule has 0 bridgehead atoms. The highest BCUT2D eigenvalue weighted by atomic mass is 16.5. The summed E-state index contributed by atoms with van der Waals surface area (Å²) >= 11 is 0. The molecule has 160 valence electrons. The molecule has 3 aromatic carbocycles. The average molecular weight is 417 g/mol. The number of carbonyl (C=O) groups is 2. The van der Waals surface area contributed by atoms with E-state index < -0.39 is 11.6 Å². The van der Waals surface area contributed by atoms with Crippen LogP contribution >= 0.6 is 0 Å². The minimum absolute atomic E-state index is 0.0744. The Kier molecular flexibility index (Phi) is 7.82. The van der Waals surface area contributed by atoms with Gasteiger partial charge in [0.1, 0.15) is 6.61 Å². The number of nitrogens with one attached hydrogen (secondary N) is 2. The maximum absolute atomic E-state index is 12.7. The number of alkyl carbamates (subject to hydrolysis) is 1. The summed E-state index contributed by atoms with van der Waals surface area (Å²) in [6, 6.07) is 29.3. The molecular weight excluding hydrogens is 388 g/mol. The van der Waals surface area contributed by atoms with Crippen LogP contribution in [0.4, 0.5) is 4.79 Å². The standard InChI is InChI=1S/C26H28N2O3/c1-26(22-14-7-3-8-15-22,23-16-9-4-10-17-23)28-24(29)18-11-19-27-25(30)31-20-21-12-5-2-6-13-21/h2-10,12-17H,11,18-20H2,1H3,(H,27,30)(H,28,29). The van der Waals surface area contributed by atoms with Crippen LogP contribution in [0.25, 0.3) is 0 Å². The summed E-state index contributed by atoms with van der Waals surface area (Å²) in [5, 5.41) is 5.87. The van der Waals surface area contributed by atoms with Crippen LogP contribution in [0.15, 0.2) is 91.0 Å². The number of benzene rings is 3. The summed E-state index contributed by atoms with van der Waals surface area (Å²) in [6.07, 6.45) is 0.336. The molecule has 0 unspecified atom stereocenters. The molecule has 5 nitrogen and oxygen atoms in total. The number of ether oxygens (including phenoxy) is 1. The van der Waals surface area contributed by atoms with Gasteiger partial charge in [-0.15, -0.1) is 0 Å². The lowest BCUT2D eigenvalue weighted by atomic mass is 9.84. The van der Waals surface area contributed by atoms with E-state index in [4.69, 9.17) is 4.74 Å². The van der Waals surface area contributed by atoms with E-state index in [0.29, 0.717) is 19.4 Å². The average Bonchev–Trinajstić information content (AvgIpc) is 2.82. The number of hydrogen-bond acceptors (Lipinski definition) is 3. The van der Waals surface area contributed by atoms with Crippen molar-refractivity contribution in [2.24, 2.45) is 0 Å². The van der Waals surface area contributed by atoms with Crippen molar-refractivity contribution in [1.82, 2.24) is 10.6 Å². The molecule has 31 heavy (non-hydrogen) atoms. The molecule has 0 aliphatic heterocycles. The summed E-state index contributed by atoms with van der Waals surface area (Å²) in [5.41, 5.74) is 2.31. The van der Waals surface area contributed by atoms with Crippen LogP contribution in [0.3, 0.4) is 0 Å². The van der Waals surface area contributed by atoms with Crippen LogP contribution in [0.2, 0.25) is 0 Å². The van der Waals surface area contributed by atoms with E-state index in [1.54, 1.807) is 0 Å². The highest BCUT2D eigenvalue weighted by molar-refractivity contribution is 5.78. The Hall–Kier alpha value is -3.60. The number of rotatable bonds is 9. The van der Waals surface area contributed by atoms with Crippen LogP contribution < -0.4 is 10.6 Å². The van der Waals surface area contributed by atoms with E-state index in [1.165, 1.54) is 0 Å². The second kappa shape index (κ2) is 11.0. The van der Waals surface area contributed by atoms with Crippen molar-refractivity contribution in [3.05, 3.63) is 108 Å². The maximum atomic E-state index is 12.7. The summed E-state index contributed by atoms with van der Waals surface area (Å²) in [6.45, 7) is 2.60. The molecule has 0 saturated heterocycles. The third kappa shape index (κ3) is 6.44. The SMILES string of the molecule is CC(NC(=O)CCCNC(=O)OCc1ccccc1)(c1ccccc1)c1ccccc1. The van der Waals surface area contributed by atoms with Crippen molar-refractivity contribution < 1.29 is 14.3 Å². The molecule has 5 heteroatoms. The Bertz CT molecular complexity index is 920. The molecule has 0 heterocycles. The highest BCUT2D eigenvalue weighted by Gasteiger charge is 2.30. The van der Waals surface area contributed by atoms with Gasteiger partial charge in [-0.25, -0.2) is 4.79 Å². The molecule has 0 fully saturated rings. The van der Waals surface area contributed by atoms with Gasteiger partial charge in [-0.05, 0) is 30.0 Å². The van der Waals surface area contributed by atoms with Crippen LogP contribution in [0.5, 0.6) is 0 Å². The zero-order chi connectivity index (χ0) is 21.9. The Balaban J connectivity index is 1.48. The first kappa shape index (κ1) is 22.1. The van der Waals surface area contributed by atoms with Gasteiger partial charge in [-0.2, -0.15) is 0 Å². The fraction of sp³-hybridized carbons (Fsp3) is 0.231. The smallest absolute Gasteiger partial charge is 0.407 e. The fourth-order valence-electron chi connectivity index (χ4n) is 3.41. The van der Waals surface area contributed by atoms with Crippen LogP contribution in [0, 0.1) is 0 Å². The van der Waals surface area contributed by atoms with E-state index >= 15 is 0 Å². The van der Waals surface area contributed by atoms with Crippen LogP contribution in [-0.4, -0.2) is 18.5 Å². The Morgan fingerprint density at radius 2 is 1.32 bits per heavy atom. The molecular formula is C26H28N2O3.